The molecule has 0 unspecified atom stereocenters. The third kappa shape index (κ3) is 2.38. The summed E-state index contributed by atoms with van der Waals surface area (Å²) in [5, 5.41) is 13.4. The maximum absolute atomic E-state index is 12.7. The number of ether oxygens (including phenoxy) is 1. The molecule has 2 N–H and O–H groups in total. The van der Waals surface area contributed by atoms with Gasteiger partial charge in [0.2, 0.25) is 5.91 Å². The fraction of sp³-hybridized carbons (Fsp3) is 0.467. The van der Waals surface area contributed by atoms with Crippen molar-refractivity contribution in [1.29, 1.82) is 0 Å². The van der Waals surface area contributed by atoms with E-state index in [-0.39, 0.29) is 18.2 Å². The molecule has 1 aromatic carbocycles. The van der Waals surface area contributed by atoms with Gasteiger partial charge in [-0.25, -0.2) is 0 Å². The Hall–Kier alpha value is -1.12. The molecule has 3 rings (SSSR count). The van der Waals surface area contributed by atoms with E-state index in [2.05, 4.69) is 37.2 Å². The summed E-state index contributed by atoms with van der Waals surface area (Å²) in [4.78, 5) is 25.8. The Balaban J connectivity index is 2.17. The minimum Gasteiger partial charge on any atom is -0.496 e. The van der Waals surface area contributed by atoms with Crippen LogP contribution in [-0.4, -0.2) is 47.7 Å². The molecular formula is C15H16Br2N2O4. The van der Waals surface area contributed by atoms with Crippen molar-refractivity contribution in [3.8, 4) is 5.75 Å². The number of hydrogen-bond donors (Lipinski definition) is 2. The molecule has 3 atom stereocenters. The summed E-state index contributed by atoms with van der Waals surface area (Å²) in [6.45, 7) is 0. The first-order chi connectivity index (χ1) is 10.8. The number of carbonyl (C=O) groups is 2. The Bertz CT molecular complexity index is 696. The van der Waals surface area contributed by atoms with Crippen LogP contribution in [0.25, 0.3) is 0 Å². The number of methoxy groups -OCH3 is 1. The Morgan fingerprint density at radius 1 is 1.35 bits per heavy atom. The van der Waals surface area contributed by atoms with Crippen LogP contribution >= 0.6 is 31.9 Å². The molecule has 8 heteroatoms. The van der Waals surface area contributed by atoms with Gasteiger partial charge in [-0.2, -0.15) is 0 Å². The number of likely N-dealkylation sites (N-methyl/N-ethyl adjacent to an activating group) is 1. The second kappa shape index (κ2) is 5.75. The second-order valence-corrected chi connectivity index (χ2v) is 7.54. The van der Waals surface area contributed by atoms with Gasteiger partial charge in [0.25, 0.3) is 5.91 Å². The first-order valence-corrected chi connectivity index (χ1v) is 8.69. The zero-order chi connectivity index (χ0) is 16.9. The van der Waals surface area contributed by atoms with Gasteiger partial charge in [-0.1, -0.05) is 15.9 Å². The summed E-state index contributed by atoms with van der Waals surface area (Å²) >= 11 is 6.90. The Kier molecular flexibility index (Phi) is 4.18. The molecule has 2 heterocycles. The van der Waals surface area contributed by atoms with E-state index >= 15 is 0 Å². The van der Waals surface area contributed by atoms with Crippen LogP contribution in [0.15, 0.2) is 21.1 Å². The summed E-state index contributed by atoms with van der Waals surface area (Å²) in [5.74, 6) is -0.430. The number of carbonyl (C=O) groups excluding carboxylic acids is 2. The van der Waals surface area contributed by atoms with E-state index in [4.69, 9.17) is 4.74 Å². The quantitative estimate of drug-likeness (QED) is 0.723. The van der Waals surface area contributed by atoms with Gasteiger partial charge < -0.3 is 20.1 Å². The number of rotatable bonds is 2. The SMILES string of the molecule is COc1cc([C@@H]2[C@H](O)N(C)C(=O)[C@]23CCC(=O)N3)c(Br)cc1Br. The molecule has 2 saturated heterocycles. The number of benzene rings is 1. The first kappa shape index (κ1) is 16.7. The van der Waals surface area contributed by atoms with Crippen LogP contribution in [0.4, 0.5) is 0 Å². The number of nitrogens with zero attached hydrogens (tertiary/aromatic N) is 1. The average Bonchev–Trinajstić information content (AvgIpc) is 2.97. The van der Waals surface area contributed by atoms with Gasteiger partial charge in [0.05, 0.1) is 17.5 Å². The van der Waals surface area contributed by atoms with Gasteiger partial charge >= 0.3 is 0 Å². The van der Waals surface area contributed by atoms with Crippen molar-refractivity contribution in [1.82, 2.24) is 10.2 Å². The maximum Gasteiger partial charge on any atom is 0.250 e. The highest BCUT2D eigenvalue weighted by Gasteiger charge is 2.61. The zero-order valence-corrected chi connectivity index (χ0v) is 15.8. The third-order valence-corrected chi connectivity index (χ3v) is 5.95. The summed E-state index contributed by atoms with van der Waals surface area (Å²) in [7, 11) is 3.09. The highest BCUT2D eigenvalue weighted by atomic mass is 79.9. The predicted molar refractivity (Wildman–Crippen MR) is 90.0 cm³/mol. The molecule has 0 radical (unpaired) electrons. The normalized spacial score (nSPS) is 30.2. The van der Waals surface area contributed by atoms with Crippen LogP contribution in [0.2, 0.25) is 0 Å². The van der Waals surface area contributed by atoms with Crippen LogP contribution in [0.3, 0.4) is 0 Å². The minimum absolute atomic E-state index is 0.175. The number of aliphatic hydroxyl groups excluding tert-OH is 1. The fourth-order valence-corrected chi connectivity index (χ4v) is 4.89. The highest BCUT2D eigenvalue weighted by Crippen LogP contribution is 2.48. The van der Waals surface area contributed by atoms with Crippen LogP contribution < -0.4 is 10.1 Å². The molecule has 6 nitrogen and oxygen atoms in total. The van der Waals surface area contributed by atoms with E-state index in [0.717, 1.165) is 14.5 Å². The van der Waals surface area contributed by atoms with Crippen molar-refractivity contribution in [2.24, 2.45) is 0 Å². The minimum atomic E-state index is -1.10. The zero-order valence-electron chi connectivity index (χ0n) is 12.6. The predicted octanol–water partition coefficient (Wildman–Crippen LogP) is 1.74. The molecule has 0 bridgehead atoms. The van der Waals surface area contributed by atoms with Crippen molar-refractivity contribution >= 4 is 43.7 Å². The number of amides is 2. The molecule has 0 aromatic heterocycles. The van der Waals surface area contributed by atoms with Crippen molar-refractivity contribution in [3.63, 3.8) is 0 Å². The molecule has 2 aliphatic rings. The number of likely N-dealkylation sites (tertiary alicyclic amines) is 1. The maximum atomic E-state index is 12.7. The fourth-order valence-electron chi connectivity index (χ4n) is 3.49. The van der Waals surface area contributed by atoms with Gasteiger partial charge in [-0.3, -0.25) is 9.59 Å². The lowest BCUT2D eigenvalue weighted by atomic mass is 9.79. The largest absolute Gasteiger partial charge is 0.496 e. The molecule has 124 valence electrons. The topological polar surface area (TPSA) is 78.9 Å². The molecule has 1 aromatic rings. The summed E-state index contributed by atoms with van der Waals surface area (Å²) in [5.41, 5.74) is -0.385. The molecule has 2 aliphatic heterocycles. The van der Waals surface area contributed by atoms with Gasteiger partial charge in [0.15, 0.2) is 0 Å². The summed E-state index contributed by atoms with van der Waals surface area (Å²) in [6.07, 6.45) is -0.390. The van der Waals surface area contributed by atoms with Gasteiger partial charge in [-0.15, -0.1) is 0 Å². The molecular weight excluding hydrogens is 432 g/mol. The number of halogens is 2. The Morgan fingerprint density at radius 3 is 2.61 bits per heavy atom. The van der Waals surface area contributed by atoms with E-state index in [0.29, 0.717) is 12.2 Å². The molecule has 23 heavy (non-hydrogen) atoms. The van der Waals surface area contributed by atoms with Crippen LogP contribution in [0, 0.1) is 0 Å². The van der Waals surface area contributed by atoms with Gasteiger partial charge in [0, 0.05) is 17.9 Å². The summed E-state index contributed by atoms with van der Waals surface area (Å²) < 4.78 is 6.82. The number of aliphatic hydroxyl groups is 1. The van der Waals surface area contributed by atoms with Gasteiger partial charge in [0.1, 0.15) is 17.5 Å². The van der Waals surface area contributed by atoms with E-state index in [1.165, 1.54) is 4.90 Å². The van der Waals surface area contributed by atoms with E-state index < -0.39 is 17.7 Å². The molecule has 0 saturated carbocycles. The lowest BCUT2D eigenvalue weighted by Gasteiger charge is -2.30. The van der Waals surface area contributed by atoms with E-state index in [9.17, 15) is 14.7 Å². The average molecular weight is 448 g/mol. The molecule has 2 amide bonds. The van der Waals surface area contributed by atoms with Crippen LogP contribution in [0.5, 0.6) is 5.75 Å². The Labute approximate surface area is 150 Å². The van der Waals surface area contributed by atoms with Crippen molar-refractivity contribution < 1.29 is 19.4 Å². The monoisotopic (exact) mass is 446 g/mol. The lowest BCUT2D eigenvalue weighted by Crippen LogP contribution is -2.51. The molecule has 1 spiro atoms. The number of nitrogens with one attached hydrogen (secondary N) is 1. The van der Waals surface area contributed by atoms with Crippen LogP contribution in [-0.2, 0) is 9.59 Å². The molecule has 2 fully saturated rings. The second-order valence-electron chi connectivity index (χ2n) is 5.84. The lowest BCUT2D eigenvalue weighted by molar-refractivity contribution is -0.136. The van der Waals surface area contributed by atoms with Crippen molar-refractivity contribution in [2.45, 2.75) is 30.5 Å². The smallest absolute Gasteiger partial charge is 0.250 e. The first-order valence-electron chi connectivity index (χ1n) is 7.11. The summed E-state index contributed by atoms with van der Waals surface area (Å²) in [6, 6.07) is 3.59. The van der Waals surface area contributed by atoms with E-state index in [1.807, 2.05) is 6.07 Å². The standard InChI is InChI=1S/C15H16Br2N2O4/c1-19-13(21)12(15(14(19)22)4-3-11(20)18-15)7-5-10(23-2)9(17)6-8(7)16/h5-6,12-13,21H,3-4H2,1-2H3,(H,18,20)/t12-,13+,15+/m1/s1. The van der Waals surface area contributed by atoms with E-state index in [1.54, 1.807) is 20.2 Å². The molecule has 0 aliphatic carbocycles. The Morgan fingerprint density at radius 2 is 2.04 bits per heavy atom. The highest BCUT2D eigenvalue weighted by molar-refractivity contribution is 9.11. The third-order valence-electron chi connectivity index (χ3n) is 4.64. The van der Waals surface area contributed by atoms with Crippen LogP contribution in [0.1, 0.15) is 24.3 Å². The van der Waals surface area contributed by atoms with Crippen molar-refractivity contribution in [2.75, 3.05) is 14.2 Å². The van der Waals surface area contributed by atoms with Gasteiger partial charge in [-0.05, 0) is 40.0 Å². The van der Waals surface area contributed by atoms with Crippen molar-refractivity contribution in [3.05, 3.63) is 26.6 Å². The number of hydrogen-bond acceptors (Lipinski definition) is 4.